The van der Waals surface area contributed by atoms with Gasteiger partial charge in [-0.1, -0.05) is 12.1 Å². The first-order valence-corrected chi connectivity index (χ1v) is 7.93. The van der Waals surface area contributed by atoms with Crippen molar-refractivity contribution in [3.63, 3.8) is 0 Å². The van der Waals surface area contributed by atoms with Crippen LogP contribution in [0.25, 0.3) is 0 Å². The molecule has 1 saturated carbocycles. The van der Waals surface area contributed by atoms with E-state index in [9.17, 15) is 26.4 Å². The van der Waals surface area contributed by atoms with Crippen LogP contribution in [-0.4, -0.2) is 30.7 Å². The smallest absolute Gasteiger partial charge is 0.305 e. The van der Waals surface area contributed by atoms with E-state index in [2.05, 4.69) is 0 Å². The van der Waals surface area contributed by atoms with Gasteiger partial charge in [-0.3, -0.25) is 4.79 Å². The molecule has 0 radical (unpaired) electrons. The summed E-state index contributed by atoms with van der Waals surface area (Å²) in [6, 6.07) is 3.27. The highest BCUT2D eigenvalue weighted by atomic mass is 32.2. The van der Waals surface area contributed by atoms with Crippen molar-refractivity contribution in [1.29, 1.82) is 0 Å². The Labute approximate surface area is 125 Å². The summed E-state index contributed by atoms with van der Waals surface area (Å²) in [5.74, 6) is -1.88. The van der Waals surface area contributed by atoms with Crippen molar-refractivity contribution >= 4 is 16.0 Å². The number of halogens is 3. The van der Waals surface area contributed by atoms with Crippen LogP contribution in [0.1, 0.15) is 30.9 Å². The summed E-state index contributed by atoms with van der Waals surface area (Å²) in [6.07, 6.45) is -4.04. The van der Waals surface area contributed by atoms with Crippen LogP contribution < -0.4 is 4.72 Å². The van der Waals surface area contributed by atoms with Crippen molar-refractivity contribution in [3.05, 3.63) is 35.6 Å². The summed E-state index contributed by atoms with van der Waals surface area (Å²) in [5, 5.41) is 8.87. The van der Waals surface area contributed by atoms with Crippen LogP contribution in [0.5, 0.6) is 0 Å². The average molecular weight is 337 g/mol. The van der Waals surface area contributed by atoms with E-state index >= 15 is 0 Å². The van der Waals surface area contributed by atoms with Crippen LogP contribution in [0.15, 0.2) is 24.3 Å². The number of carboxylic acid groups (broad SMARTS) is 1. The molecule has 1 fully saturated rings. The second kappa shape index (κ2) is 5.88. The lowest BCUT2D eigenvalue weighted by molar-refractivity contribution is -0.137. The number of aliphatic carboxylic acids is 1. The monoisotopic (exact) mass is 337 g/mol. The third-order valence-electron chi connectivity index (χ3n) is 3.62. The molecule has 0 aliphatic heterocycles. The number of rotatable bonds is 7. The first-order valence-electron chi connectivity index (χ1n) is 6.45. The largest absolute Gasteiger partial charge is 0.481 e. The molecule has 0 heterocycles. The molecule has 1 aromatic rings. The summed E-state index contributed by atoms with van der Waals surface area (Å²) < 4.78 is 63.0. The zero-order valence-corrected chi connectivity index (χ0v) is 12.1. The number of hydrogen-bond acceptors (Lipinski definition) is 3. The lowest BCUT2D eigenvalue weighted by Gasteiger charge is -2.22. The van der Waals surface area contributed by atoms with Gasteiger partial charge in [0.2, 0.25) is 10.0 Å². The maximum absolute atomic E-state index is 13.0. The Hall–Kier alpha value is -1.61. The Morgan fingerprint density at radius 1 is 1.27 bits per heavy atom. The molecule has 0 spiro atoms. The van der Waals surface area contributed by atoms with E-state index < -0.39 is 45.4 Å². The number of carbonyl (C=O) groups is 1. The number of carboxylic acids is 1. The summed E-state index contributed by atoms with van der Waals surface area (Å²) in [4.78, 5) is 10.9. The Morgan fingerprint density at radius 3 is 2.23 bits per heavy atom. The van der Waals surface area contributed by atoms with Gasteiger partial charge in [-0.05, 0) is 30.5 Å². The molecule has 122 valence electrons. The molecule has 1 unspecified atom stereocenters. The lowest BCUT2D eigenvalue weighted by atomic mass is 10.1. The van der Waals surface area contributed by atoms with E-state index in [1.807, 2.05) is 4.72 Å². The molecule has 9 heteroatoms. The van der Waals surface area contributed by atoms with Crippen molar-refractivity contribution in [2.45, 2.75) is 36.5 Å². The number of sulfonamides is 1. The lowest BCUT2D eigenvalue weighted by Crippen LogP contribution is -2.43. The maximum Gasteiger partial charge on any atom is 0.305 e. The Kier molecular flexibility index (Phi) is 4.48. The standard InChI is InChI=1S/C13H14F3NO4S/c14-9-3-1-8(2-4-9)10(7-11(18)19)17-22(20,21)13(5-6-13)12(15)16/h1-4,10,12,17H,5-7H2,(H,18,19). The van der Waals surface area contributed by atoms with Crippen molar-refractivity contribution in [3.8, 4) is 0 Å². The highest BCUT2D eigenvalue weighted by Gasteiger charge is 2.62. The van der Waals surface area contributed by atoms with Gasteiger partial charge in [-0.15, -0.1) is 0 Å². The molecule has 0 saturated heterocycles. The highest BCUT2D eigenvalue weighted by molar-refractivity contribution is 7.91. The predicted octanol–water partition coefficient (Wildman–Crippen LogP) is 2.06. The van der Waals surface area contributed by atoms with Crippen LogP contribution in [0, 0.1) is 5.82 Å². The molecular formula is C13H14F3NO4S. The molecule has 1 atom stereocenters. The predicted molar refractivity (Wildman–Crippen MR) is 71.4 cm³/mol. The summed E-state index contributed by atoms with van der Waals surface area (Å²) in [5.41, 5.74) is 0.192. The Balaban J connectivity index is 2.27. The number of alkyl halides is 2. The third-order valence-corrected chi connectivity index (χ3v) is 5.88. The van der Waals surface area contributed by atoms with Crippen molar-refractivity contribution in [2.24, 2.45) is 0 Å². The van der Waals surface area contributed by atoms with E-state index in [0.717, 1.165) is 12.1 Å². The van der Waals surface area contributed by atoms with Gasteiger partial charge in [0.25, 0.3) is 6.43 Å². The molecule has 0 bridgehead atoms. The minimum Gasteiger partial charge on any atom is -0.481 e. The fourth-order valence-corrected chi connectivity index (χ4v) is 3.83. The zero-order valence-electron chi connectivity index (χ0n) is 11.3. The van der Waals surface area contributed by atoms with Gasteiger partial charge in [-0.25, -0.2) is 26.3 Å². The molecule has 2 N–H and O–H groups in total. The van der Waals surface area contributed by atoms with Crippen molar-refractivity contribution in [2.75, 3.05) is 0 Å². The van der Waals surface area contributed by atoms with Crippen LogP contribution >= 0.6 is 0 Å². The number of hydrogen-bond donors (Lipinski definition) is 2. The molecular weight excluding hydrogens is 323 g/mol. The zero-order chi connectivity index (χ0) is 16.5. The third kappa shape index (κ3) is 3.25. The summed E-state index contributed by atoms with van der Waals surface area (Å²) in [6.45, 7) is 0. The molecule has 5 nitrogen and oxygen atoms in total. The topological polar surface area (TPSA) is 83.5 Å². The molecule has 0 aromatic heterocycles. The van der Waals surface area contributed by atoms with Crippen molar-refractivity contribution in [1.82, 2.24) is 4.72 Å². The molecule has 1 aromatic carbocycles. The quantitative estimate of drug-likeness (QED) is 0.798. The van der Waals surface area contributed by atoms with Gasteiger partial charge in [0, 0.05) is 0 Å². The molecule has 0 amide bonds. The van der Waals surface area contributed by atoms with Crippen LogP contribution in [-0.2, 0) is 14.8 Å². The fraction of sp³-hybridized carbons (Fsp3) is 0.462. The van der Waals surface area contributed by atoms with Gasteiger partial charge < -0.3 is 5.11 Å². The minimum atomic E-state index is -4.41. The SMILES string of the molecule is O=C(O)CC(NS(=O)(=O)C1(C(F)F)CC1)c1ccc(F)cc1. The van der Waals surface area contributed by atoms with Crippen molar-refractivity contribution < 1.29 is 31.5 Å². The van der Waals surface area contributed by atoms with E-state index in [1.165, 1.54) is 12.1 Å². The van der Waals surface area contributed by atoms with Crippen LogP contribution in [0.3, 0.4) is 0 Å². The molecule has 1 aliphatic rings. The Bertz CT molecular complexity index is 656. The van der Waals surface area contributed by atoms with Gasteiger partial charge in [0.15, 0.2) is 0 Å². The number of benzene rings is 1. The van der Waals surface area contributed by atoms with Gasteiger partial charge in [-0.2, -0.15) is 0 Å². The van der Waals surface area contributed by atoms with E-state index in [4.69, 9.17) is 5.11 Å². The van der Waals surface area contributed by atoms with Gasteiger partial charge >= 0.3 is 5.97 Å². The fourth-order valence-electron chi connectivity index (χ4n) is 2.13. The first kappa shape index (κ1) is 16.8. The summed E-state index contributed by atoms with van der Waals surface area (Å²) in [7, 11) is -4.41. The summed E-state index contributed by atoms with van der Waals surface area (Å²) >= 11 is 0. The molecule has 1 aliphatic carbocycles. The van der Waals surface area contributed by atoms with Crippen LogP contribution in [0.4, 0.5) is 13.2 Å². The maximum atomic E-state index is 13.0. The second-order valence-corrected chi connectivity index (χ2v) is 7.24. The highest BCUT2D eigenvalue weighted by Crippen LogP contribution is 2.48. The number of nitrogens with one attached hydrogen (secondary N) is 1. The van der Waals surface area contributed by atoms with E-state index in [0.29, 0.717) is 0 Å². The Morgan fingerprint density at radius 2 is 1.82 bits per heavy atom. The molecule has 2 rings (SSSR count). The van der Waals surface area contributed by atoms with E-state index in [1.54, 1.807) is 0 Å². The molecule has 22 heavy (non-hydrogen) atoms. The normalized spacial score (nSPS) is 18.2. The first-order chi connectivity index (χ1) is 10.2. The second-order valence-electron chi connectivity index (χ2n) is 5.19. The van der Waals surface area contributed by atoms with E-state index in [-0.39, 0.29) is 18.4 Å². The van der Waals surface area contributed by atoms with Gasteiger partial charge in [0.1, 0.15) is 10.6 Å². The van der Waals surface area contributed by atoms with Crippen LogP contribution in [0.2, 0.25) is 0 Å². The average Bonchev–Trinajstić information content (AvgIpc) is 3.19. The minimum absolute atomic E-state index is 0.177. The van der Waals surface area contributed by atoms with Gasteiger partial charge in [0.05, 0.1) is 12.5 Å².